The summed E-state index contributed by atoms with van der Waals surface area (Å²) in [6.45, 7) is 0. The lowest BCUT2D eigenvalue weighted by Gasteiger charge is -2.20. The molecular formula is C17H12FNO2S. The molecule has 0 aromatic heterocycles. The van der Waals surface area contributed by atoms with Crippen molar-refractivity contribution in [1.82, 2.24) is 0 Å². The number of carbonyl (C=O) groups is 1. The van der Waals surface area contributed by atoms with E-state index in [1.807, 2.05) is 24.3 Å². The number of ether oxygens (including phenoxy) is 1. The number of hydrogen-bond donors (Lipinski definition) is 1. The van der Waals surface area contributed by atoms with Crippen molar-refractivity contribution in [3.05, 3.63) is 71.9 Å². The largest absolute Gasteiger partial charge is 0.432 e. The van der Waals surface area contributed by atoms with E-state index in [0.29, 0.717) is 0 Å². The van der Waals surface area contributed by atoms with E-state index in [4.69, 9.17) is 4.74 Å². The molecule has 2 aliphatic rings. The summed E-state index contributed by atoms with van der Waals surface area (Å²) in [6.07, 6.45) is 1.48. The van der Waals surface area contributed by atoms with Crippen molar-refractivity contribution >= 4 is 23.4 Å². The number of carbonyl (C=O) groups excluding carboxylic acids is 1. The predicted molar refractivity (Wildman–Crippen MR) is 82.7 cm³/mol. The molecule has 3 nitrogen and oxygen atoms in total. The summed E-state index contributed by atoms with van der Waals surface area (Å²) < 4.78 is 18.3. The van der Waals surface area contributed by atoms with Gasteiger partial charge in [-0.1, -0.05) is 24.3 Å². The third-order valence-electron chi connectivity index (χ3n) is 3.81. The summed E-state index contributed by atoms with van der Waals surface area (Å²) in [5.41, 5.74) is 2.60. The first-order chi connectivity index (χ1) is 10.7. The molecule has 2 aliphatic heterocycles. The zero-order valence-corrected chi connectivity index (χ0v) is 12.3. The fourth-order valence-electron chi connectivity index (χ4n) is 2.73. The Bertz CT molecular complexity index is 772. The van der Waals surface area contributed by atoms with Crippen molar-refractivity contribution in [2.45, 2.75) is 10.1 Å². The maximum atomic E-state index is 13.2. The molecule has 0 bridgehead atoms. The molecule has 0 aliphatic carbocycles. The number of rotatable bonds is 1. The van der Waals surface area contributed by atoms with Crippen molar-refractivity contribution in [1.29, 1.82) is 0 Å². The third-order valence-corrected chi connectivity index (χ3v) is 5.22. The van der Waals surface area contributed by atoms with Gasteiger partial charge in [-0.15, -0.1) is 11.8 Å². The average Bonchev–Trinajstić information content (AvgIpc) is 2.79. The minimum Gasteiger partial charge on any atom is -0.432 e. The van der Waals surface area contributed by atoms with Crippen molar-refractivity contribution in [3.8, 4) is 0 Å². The van der Waals surface area contributed by atoms with E-state index in [9.17, 15) is 9.18 Å². The lowest BCUT2D eigenvalue weighted by molar-refractivity contribution is -0.139. The van der Waals surface area contributed by atoms with Crippen LogP contribution in [0, 0.1) is 11.7 Å². The van der Waals surface area contributed by atoms with Crippen molar-refractivity contribution in [2.24, 2.45) is 5.92 Å². The van der Waals surface area contributed by atoms with Gasteiger partial charge in [0.1, 0.15) is 18.0 Å². The van der Waals surface area contributed by atoms with Gasteiger partial charge in [0.05, 0.1) is 16.6 Å². The fourth-order valence-corrected chi connectivity index (χ4v) is 4.10. The van der Waals surface area contributed by atoms with Crippen LogP contribution in [0.4, 0.5) is 10.1 Å². The lowest BCUT2D eigenvalue weighted by Crippen LogP contribution is -2.20. The second-order valence-corrected chi connectivity index (χ2v) is 6.38. The molecule has 1 N–H and O–H groups in total. The van der Waals surface area contributed by atoms with E-state index in [0.717, 1.165) is 21.8 Å². The van der Waals surface area contributed by atoms with Gasteiger partial charge in [0, 0.05) is 4.90 Å². The lowest BCUT2D eigenvalue weighted by atomic mass is 9.96. The van der Waals surface area contributed by atoms with Crippen LogP contribution in [0.3, 0.4) is 0 Å². The molecule has 2 atom stereocenters. The first-order valence-electron chi connectivity index (χ1n) is 6.91. The smallest absolute Gasteiger partial charge is 0.321 e. The van der Waals surface area contributed by atoms with Gasteiger partial charge in [-0.3, -0.25) is 4.79 Å². The van der Waals surface area contributed by atoms with Crippen LogP contribution in [0.2, 0.25) is 0 Å². The number of para-hydroxylation sites is 1. The van der Waals surface area contributed by atoms with E-state index in [1.165, 1.54) is 18.4 Å². The maximum absolute atomic E-state index is 13.2. The van der Waals surface area contributed by atoms with Crippen LogP contribution in [-0.4, -0.2) is 5.97 Å². The molecule has 0 saturated carbocycles. The zero-order valence-electron chi connectivity index (χ0n) is 11.5. The molecule has 0 radical (unpaired) electrons. The molecule has 0 spiro atoms. The van der Waals surface area contributed by atoms with Gasteiger partial charge in [0.2, 0.25) is 0 Å². The van der Waals surface area contributed by atoms with Gasteiger partial charge < -0.3 is 10.1 Å². The molecule has 22 heavy (non-hydrogen) atoms. The summed E-state index contributed by atoms with van der Waals surface area (Å²) in [4.78, 5) is 13.2. The average molecular weight is 313 g/mol. The minimum atomic E-state index is -0.414. The number of fused-ring (bicyclic) bond motifs is 2. The molecule has 0 amide bonds. The van der Waals surface area contributed by atoms with E-state index in [1.54, 1.807) is 23.9 Å². The van der Waals surface area contributed by atoms with Crippen LogP contribution in [-0.2, 0) is 9.53 Å². The van der Waals surface area contributed by atoms with Crippen molar-refractivity contribution in [2.75, 3.05) is 5.32 Å². The summed E-state index contributed by atoms with van der Waals surface area (Å²) in [6, 6.07) is 14.2. The molecular weight excluding hydrogens is 301 g/mol. The van der Waals surface area contributed by atoms with Gasteiger partial charge in [-0.25, -0.2) is 4.39 Å². The van der Waals surface area contributed by atoms with E-state index in [2.05, 4.69) is 5.32 Å². The Kier molecular flexibility index (Phi) is 3.15. The molecule has 0 saturated heterocycles. The quantitative estimate of drug-likeness (QED) is 0.805. The summed E-state index contributed by atoms with van der Waals surface area (Å²) in [7, 11) is 0. The fraction of sp³-hybridized carbons (Fsp3) is 0.118. The Balaban J connectivity index is 1.82. The number of benzene rings is 2. The molecule has 2 unspecified atom stereocenters. The predicted octanol–water partition coefficient (Wildman–Crippen LogP) is 4.10. The number of cyclic esters (lactones) is 1. The second kappa shape index (κ2) is 5.18. The molecule has 0 fully saturated rings. The highest BCUT2D eigenvalue weighted by Gasteiger charge is 2.41. The topological polar surface area (TPSA) is 38.3 Å². The molecule has 4 rings (SSSR count). The van der Waals surface area contributed by atoms with Gasteiger partial charge in [0.15, 0.2) is 0 Å². The molecule has 5 heteroatoms. The van der Waals surface area contributed by atoms with E-state index >= 15 is 0 Å². The first kappa shape index (κ1) is 13.4. The SMILES string of the molecule is O=C1OC=C2Nc3ccccc3SC(c3ccc(F)cc3)C12. The van der Waals surface area contributed by atoms with Crippen LogP contribution in [0.15, 0.2) is 65.4 Å². The van der Waals surface area contributed by atoms with E-state index < -0.39 is 5.92 Å². The number of esters is 1. The van der Waals surface area contributed by atoms with Crippen molar-refractivity contribution in [3.63, 3.8) is 0 Å². The second-order valence-electron chi connectivity index (χ2n) is 5.20. The summed E-state index contributed by atoms with van der Waals surface area (Å²) in [5.74, 6) is -0.981. The molecule has 2 aromatic rings. The first-order valence-corrected chi connectivity index (χ1v) is 7.79. The Labute approximate surface area is 131 Å². The third kappa shape index (κ3) is 2.18. The van der Waals surface area contributed by atoms with Gasteiger partial charge in [-0.2, -0.15) is 0 Å². The van der Waals surface area contributed by atoms with Crippen LogP contribution in [0.1, 0.15) is 10.8 Å². The molecule has 2 heterocycles. The van der Waals surface area contributed by atoms with Crippen molar-refractivity contribution < 1.29 is 13.9 Å². The number of anilines is 1. The Hall–Kier alpha value is -2.27. The van der Waals surface area contributed by atoms with Crippen LogP contribution in [0.25, 0.3) is 0 Å². The highest BCUT2D eigenvalue weighted by atomic mass is 32.2. The van der Waals surface area contributed by atoms with Gasteiger partial charge >= 0.3 is 5.97 Å². The standard InChI is InChI=1S/C17H12FNO2S/c18-11-7-5-10(6-8-11)16-15-13(9-21-17(15)20)19-12-3-1-2-4-14(12)22-16/h1-9,15-16,19H. The number of nitrogens with one attached hydrogen (secondary N) is 1. The Morgan fingerprint density at radius 1 is 1.09 bits per heavy atom. The Morgan fingerprint density at radius 3 is 2.68 bits per heavy atom. The number of hydrogen-bond acceptors (Lipinski definition) is 4. The van der Waals surface area contributed by atoms with Gasteiger partial charge in [-0.05, 0) is 29.8 Å². The summed E-state index contributed by atoms with van der Waals surface area (Å²) >= 11 is 1.59. The molecule has 110 valence electrons. The number of thioether (sulfide) groups is 1. The normalized spacial score (nSPS) is 22.8. The monoisotopic (exact) mass is 313 g/mol. The van der Waals surface area contributed by atoms with Crippen LogP contribution < -0.4 is 5.32 Å². The van der Waals surface area contributed by atoms with Crippen LogP contribution >= 0.6 is 11.8 Å². The summed E-state index contributed by atoms with van der Waals surface area (Å²) in [5, 5.41) is 3.13. The highest BCUT2D eigenvalue weighted by molar-refractivity contribution is 7.99. The molecule has 2 aromatic carbocycles. The highest BCUT2D eigenvalue weighted by Crippen LogP contribution is 2.50. The Morgan fingerprint density at radius 2 is 1.86 bits per heavy atom. The maximum Gasteiger partial charge on any atom is 0.321 e. The van der Waals surface area contributed by atoms with E-state index in [-0.39, 0.29) is 17.0 Å². The minimum absolute atomic E-state index is 0.155. The van der Waals surface area contributed by atoms with Gasteiger partial charge in [0.25, 0.3) is 0 Å². The van der Waals surface area contributed by atoms with Crippen LogP contribution in [0.5, 0.6) is 0 Å². The number of halogens is 1. The zero-order chi connectivity index (χ0) is 15.1.